The zero-order valence-electron chi connectivity index (χ0n) is 11.5. The molecule has 0 unspecified atom stereocenters. The minimum atomic E-state index is -0.224. The van der Waals surface area contributed by atoms with Gasteiger partial charge in [-0.2, -0.15) is 0 Å². The van der Waals surface area contributed by atoms with E-state index in [0.717, 1.165) is 9.35 Å². The summed E-state index contributed by atoms with van der Waals surface area (Å²) in [5, 5.41) is 5.24. The van der Waals surface area contributed by atoms with Crippen LogP contribution in [0.1, 0.15) is 4.88 Å². The second-order valence-corrected chi connectivity index (χ2v) is 6.64. The van der Waals surface area contributed by atoms with Crippen LogP contribution in [0.2, 0.25) is 0 Å². The number of halogens is 1. The van der Waals surface area contributed by atoms with Gasteiger partial charge in [-0.15, -0.1) is 11.3 Å². The molecule has 7 heteroatoms. The summed E-state index contributed by atoms with van der Waals surface area (Å²) in [6.45, 7) is 0.428. The number of hydrogen-bond acceptors (Lipinski definition) is 4. The highest BCUT2D eigenvalue weighted by atomic mass is 79.9. The molecule has 0 aliphatic heterocycles. The molecule has 5 nitrogen and oxygen atoms in total. The lowest BCUT2D eigenvalue weighted by Crippen LogP contribution is -2.32. The van der Waals surface area contributed by atoms with Gasteiger partial charge in [0.15, 0.2) is 0 Å². The average molecular weight is 378 g/mol. The number of nitrogens with one attached hydrogen (secondary N) is 1. The van der Waals surface area contributed by atoms with Crippen molar-refractivity contribution in [2.75, 3.05) is 0 Å². The van der Waals surface area contributed by atoms with Gasteiger partial charge in [-0.3, -0.25) is 14.2 Å². The molecule has 0 aliphatic carbocycles. The minimum Gasteiger partial charge on any atom is -0.350 e. The summed E-state index contributed by atoms with van der Waals surface area (Å²) in [4.78, 5) is 29.6. The lowest BCUT2D eigenvalue weighted by molar-refractivity contribution is -0.121. The number of carbonyl (C=O) groups excluding carboxylic acids is 1. The third kappa shape index (κ3) is 3.26. The smallest absolute Gasteiger partial charge is 0.261 e. The van der Waals surface area contributed by atoms with Crippen molar-refractivity contribution in [1.29, 1.82) is 0 Å². The van der Waals surface area contributed by atoms with Crippen LogP contribution in [0.25, 0.3) is 10.9 Å². The van der Waals surface area contributed by atoms with Crippen molar-refractivity contribution in [3.63, 3.8) is 0 Å². The molecule has 0 bridgehead atoms. The van der Waals surface area contributed by atoms with Crippen LogP contribution < -0.4 is 10.9 Å². The van der Waals surface area contributed by atoms with E-state index in [0.29, 0.717) is 17.4 Å². The molecule has 2 aromatic heterocycles. The van der Waals surface area contributed by atoms with Crippen LogP contribution in [0.3, 0.4) is 0 Å². The first-order valence-electron chi connectivity index (χ1n) is 6.57. The Kier molecular flexibility index (Phi) is 4.35. The van der Waals surface area contributed by atoms with E-state index >= 15 is 0 Å². The summed E-state index contributed by atoms with van der Waals surface area (Å²) in [5.41, 5.74) is 0.390. The second-order valence-electron chi connectivity index (χ2n) is 4.70. The van der Waals surface area contributed by atoms with E-state index in [1.54, 1.807) is 23.5 Å². The molecule has 0 atom stereocenters. The number of rotatable bonds is 4. The zero-order valence-corrected chi connectivity index (χ0v) is 13.9. The Labute approximate surface area is 138 Å². The molecular weight excluding hydrogens is 366 g/mol. The van der Waals surface area contributed by atoms with Gasteiger partial charge in [0.25, 0.3) is 5.56 Å². The normalized spacial score (nSPS) is 10.8. The van der Waals surface area contributed by atoms with Gasteiger partial charge in [0, 0.05) is 9.35 Å². The van der Waals surface area contributed by atoms with Crippen LogP contribution in [0.4, 0.5) is 0 Å². The Hall–Kier alpha value is -1.99. The van der Waals surface area contributed by atoms with Gasteiger partial charge < -0.3 is 5.32 Å². The van der Waals surface area contributed by atoms with Crippen molar-refractivity contribution < 1.29 is 4.79 Å². The molecule has 2 heterocycles. The quantitative estimate of drug-likeness (QED) is 0.759. The maximum Gasteiger partial charge on any atom is 0.261 e. The van der Waals surface area contributed by atoms with Gasteiger partial charge in [-0.1, -0.05) is 22.0 Å². The summed E-state index contributed by atoms with van der Waals surface area (Å²) in [6.07, 6.45) is 1.41. The Balaban J connectivity index is 1.77. The predicted molar refractivity (Wildman–Crippen MR) is 89.9 cm³/mol. The summed E-state index contributed by atoms with van der Waals surface area (Å²) >= 11 is 4.91. The molecule has 0 aliphatic rings. The minimum absolute atomic E-state index is 0.0420. The average Bonchev–Trinajstić information content (AvgIpc) is 3.02. The van der Waals surface area contributed by atoms with Crippen LogP contribution in [0.5, 0.6) is 0 Å². The summed E-state index contributed by atoms with van der Waals surface area (Å²) in [6, 6.07) is 9.19. The van der Waals surface area contributed by atoms with Gasteiger partial charge >= 0.3 is 0 Å². The molecule has 0 fully saturated rings. The fourth-order valence-electron chi connectivity index (χ4n) is 2.05. The summed E-state index contributed by atoms with van der Waals surface area (Å²) in [5.74, 6) is -0.216. The molecule has 3 rings (SSSR count). The number of thiophene rings is 1. The fraction of sp³-hybridized carbons (Fsp3) is 0.133. The molecule has 0 saturated heterocycles. The lowest BCUT2D eigenvalue weighted by atomic mass is 10.2. The number of hydrogen-bond donors (Lipinski definition) is 1. The van der Waals surface area contributed by atoms with E-state index in [1.165, 1.54) is 10.9 Å². The highest BCUT2D eigenvalue weighted by Gasteiger charge is 2.08. The van der Waals surface area contributed by atoms with E-state index in [4.69, 9.17) is 0 Å². The standard InChI is InChI=1S/C15H12BrN3O2S/c16-10-3-4-13-12(6-10)15(21)19(9-18-13)8-14(20)17-7-11-2-1-5-22-11/h1-6,9H,7-8H2,(H,17,20). The van der Waals surface area contributed by atoms with Crippen LogP contribution in [0, 0.1) is 0 Å². The van der Waals surface area contributed by atoms with E-state index in [2.05, 4.69) is 26.2 Å². The van der Waals surface area contributed by atoms with Crippen molar-refractivity contribution in [2.45, 2.75) is 13.1 Å². The number of aromatic nitrogens is 2. The van der Waals surface area contributed by atoms with Crippen molar-refractivity contribution >= 4 is 44.1 Å². The van der Waals surface area contributed by atoms with Gasteiger partial charge in [0.2, 0.25) is 5.91 Å². The molecule has 3 aromatic rings. The molecule has 1 amide bonds. The van der Waals surface area contributed by atoms with Gasteiger partial charge in [-0.25, -0.2) is 4.98 Å². The molecule has 0 spiro atoms. The molecule has 0 radical (unpaired) electrons. The first-order valence-corrected chi connectivity index (χ1v) is 8.24. The molecule has 22 heavy (non-hydrogen) atoms. The van der Waals surface area contributed by atoms with E-state index < -0.39 is 0 Å². The maximum absolute atomic E-state index is 12.4. The second kappa shape index (κ2) is 6.41. The first-order chi connectivity index (χ1) is 10.6. The van der Waals surface area contributed by atoms with Crippen molar-refractivity contribution in [2.24, 2.45) is 0 Å². The molecule has 1 aromatic carbocycles. The van der Waals surface area contributed by atoms with Crippen LogP contribution in [-0.2, 0) is 17.9 Å². The first kappa shape index (κ1) is 14.9. The van der Waals surface area contributed by atoms with Gasteiger partial charge in [0.05, 0.1) is 23.8 Å². The topological polar surface area (TPSA) is 64.0 Å². The van der Waals surface area contributed by atoms with Crippen molar-refractivity contribution in [3.05, 3.63) is 61.7 Å². The SMILES string of the molecule is O=C(Cn1cnc2ccc(Br)cc2c1=O)NCc1cccs1. The third-order valence-electron chi connectivity index (χ3n) is 3.14. The molecule has 1 N–H and O–H groups in total. The molecular formula is C15H12BrN3O2S. The highest BCUT2D eigenvalue weighted by molar-refractivity contribution is 9.10. The predicted octanol–water partition coefficient (Wildman–Crippen LogP) is 2.54. The Morgan fingerprint density at radius 2 is 2.23 bits per heavy atom. The Morgan fingerprint density at radius 1 is 1.36 bits per heavy atom. The number of benzene rings is 1. The monoisotopic (exact) mass is 377 g/mol. The van der Waals surface area contributed by atoms with Crippen molar-refractivity contribution in [1.82, 2.24) is 14.9 Å². The van der Waals surface area contributed by atoms with Crippen LogP contribution in [0.15, 0.2) is 51.3 Å². The van der Waals surface area contributed by atoms with Crippen LogP contribution >= 0.6 is 27.3 Å². The van der Waals surface area contributed by atoms with E-state index in [1.807, 2.05) is 23.6 Å². The van der Waals surface area contributed by atoms with E-state index in [-0.39, 0.29) is 18.0 Å². The van der Waals surface area contributed by atoms with Crippen LogP contribution in [-0.4, -0.2) is 15.5 Å². The number of nitrogens with zero attached hydrogens (tertiary/aromatic N) is 2. The largest absolute Gasteiger partial charge is 0.350 e. The summed E-state index contributed by atoms with van der Waals surface area (Å²) in [7, 11) is 0. The fourth-order valence-corrected chi connectivity index (χ4v) is 3.06. The molecule has 112 valence electrons. The van der Waals surface area contributed by atoms with E-state index in [9.17, 15) is 9.59 Å². The van der Waals surface area contributed by atoms with Gasteiger partial charge in [0.1, 0.15) is 6.54 Å². The Morgan fingerprint density at radius 3 is 3.00 bits per heavy atom. The highest BCUT2D eigenvalue weighted by Crippen LogP contribution is 2.14. The zero-order chi connectivity index (χ0) is 15.5. The number of carbonyl (C=O) groups is 1. The van der Waals surface area contributed by atoms with Gasteiger partial charge in [-0.05, 0) is 29.6 Å². The maximum atomic E-state index is 12.4. The molecule has 0 saturated carbocycles. The lowest BCUT2D eigenvalue weighted by Gasteiger charge is -2.07. The summed E-state index contributed by atoms with van der Waals surface area (Å²) < 4.78 is 2.12. The number of fused-ring (bicyclic) bond motifs is 1. The Bertz CT molecular complexity index is 874. The number of amides is 1. The van der Waals surface area contributed by atoms with Crippen molar-refractivity contribution in [3.8, 4) is 0 Å². The third-order valence-corrected chi connectivity index (χ3v) is 4.51.